The molecule has 0 bridgehead atoms. The van der Waals surface area contributed by atoms with Crippen LogP contribution in [0.4, 0.5) is 4.79 Å². The standard InChI is InChI=1S/C13H22N4O2/c1-13(2,3)19-12(18)16-8-10-4-6-11(7-5-10)9-17(14)15/h4-7H,8-9,14-15H2,1-3H3,(H,16,18). The van der Waals surface area contributed by atoms with Crippen LogP contribution in [0.1, 0.15) is 31.9 Å². The van der Waals surface area contributed by atoms with E-state index in [1.807, 2.05) is 45.0 Å². The molecule has 0 spiro atoms. The monoisotopic (exact) mass is 266 g/mol. The highest BCUT2D eigenvalue weighted by Gasteiger charge is 2.15. The lowest BCUT2D eigenvalue weighted by atomic mass is 10.1. The second-order valence-corrected chi connectivity index (χ2v) is 5.34. The maximum absolute atomic E-state index is 11.5. The number of rotatable bonds is 4. The van der Waals surface area contributed by atoms with E-state index in [2.05, 4.69) is 5.32 Å². The molecule has 1 aromatic rings. The van der Waals surface area contributed by atoms with E-state index in [-0.39, 0.29) is 0 Å². The van der Waals surface area contributed by atoms with Crippen LogP contribution in [-0.2, 0) is 17.8 Å². The summed E-state index contributed by atoms with van der Waals surface area (Å²) in [7, 11) is 0. The van der Waals surface area contributed by atoms with Gasteiger partial charge in [0.05, 0.1) is 6.54 Å². The van der Waals surface area contributed by atoms with Gasteiger partial charge in [-0.25, -0.2) is 4.79 Å². The van der Waals surface area contributed by atoms with Gasteiger partial charge in [0, 0.05) is 6.54 Å². The largest absolute Gasteiger partial charge is 0.444 e. The highest BCUT2D eigenvalue weighted by molar-refractivity contribution is 5.67. The first kappa shape index (κ1) is 15.4. The molecule has 0 fully saturated rings. The Labute approximate surface area is 113 Å². The number of carbonyl (C=O) groups is 1. The van der Waals surface area contributed by atoms with E-state index in [1.165, 1.54) is 0 Å². The molecule has 6 nitrogen and oxygen atoms in total. The molecule has 0 aliphatic rings. The van der Waals surface area contributed by atoms with Crippen molar-refractivity contribution in [1.29, 1.82) is 0 Å². The third-order valence-corrected chi connectivity index (χ3v) is 2.22. The first-order valence-electron chi connectivity index (χ1n) is 6.08. The molecule has 0 unspecified atom stereocenters. The van der Waals surface area contributed by atoms with Gasteiger partial charge in [-0.1, -0.05) is 24.3 Å². The number of carbonyl (C=O) groups excluding carboxylic acids is 1. The quantitative estimate of drug-likeness (QED) is 0.563. The molecule has 0 heterocycles. The minimum Gasteiger partial charge on any atom is -0.444 e. The van der Waals surface area contributed by atoms with Gasteiger partial charge in [-0.3, -0.25) is 11.7 Å². The fourth-order valence-electron chi connectivity index (χ4n) is 1.46. The van der Waals surface area contributed by atoms with Gasteiger partial charge in [-0.15, -0.1) is 0 Å². The van der Waals surface area contributed by atoms with E-state index in [1.54, 1.807) is 0 Å². The van der Waals surface area contributed by atoms with Crippen LogP contribution in [0.2, 0.25) is 0 Å². The van der Waals surface area contributed by atoms with Gasteiger partial charge >= 0.3 is 6.09 Å². The topological polar surface area (TPSA) is 93.6 Å². The Hall–Kier alpha value is -1.63. The predicted molar refractivity (Wildman–Crippen MR) is 73.4 cm³/mol. The minimum absolute atomic E-state index is 0.421. The second-order valence-electron chi connectivity index (χ2n) is 5.34. The highest BCUT2D eigenvalue weighted by Crippen LogP contribution is 2.08. The number of hydrogen-bond acceptors (Lipinski definition) is 5. The number of nitrogens with two attached hydrogens (primary N) is 2. The average molecular weight is 266 g/mol. The molecular weight excluding hydrogens is 244 g/mol. The van der Waals surface area contributed by atoms with Gasteiger partial charge in [-0.05, 0) is 31.9 Å². The normalized spacial score (nSPS) is 11.5. The number of nitrogens with one attached hydrogen (secondary N) is 1. The number of amides is 1. The fourth-order valence-corrected chi connectivity index (χ4v) is 1.46. The number of hydrogen-bond donors (Lipinski definition) is 3. The first-order valence-corrected chi connectivity index (χ1v) is 6.08. The van der Waals surface area contributed by atoms with Crippen LogP contribution in [0, 0.1) is 0 Å². The van der Waals surface area contributed by atoms with Gasteiger partial charge in [0.25, 0.3) is 0 Å². The Balaban J connectivity index is 2.44. The van der Waals surface area contributed by atoms with E-state index in [9.17, 15) is 4.79 Å². The summed E-state index contributed by atoms with van der Waals surface area (Å²) in [5.74, 6) is 10.7. The van der Waals surface area contributed by atoms with E-state index >= 15 is 0 Å². The zero-order valence-corrected chi connectivity index (χ0v) is 11.6. The van der Waals surface area contributed by atoms with E-state index in [4.69, 9.17) is 16.4 Å². The average Bonchev–Trinajstić information content (AvgIpc) is 2.25. The van der Waals surface area contributed by atoms with Crippen molar-refractivity contribution in [1.82, 2.24) is 10.4 Å². The van der Waals surface area contributed by atoms with Crippen molar-refractivity contribution in [2.45, 2.75) is 39.5 Å². The molecule has 1 aromatic carbocycles. The minimum atomic E-state index is -0.486. The highest BCUT2D eigenvalue weighted by atomic mass is 16.6. The van der Waals surface area contributed by atoms with Crippen LogP contribution in [0.25, 0.3) is 0 Å². The van der Waals surface area contributed by atoms with Crippen LogP contribution in [0.15, 0.2) is 24.3 Å². The summed E-state index contributed by atoms with van der Waals surface area (Å²) in [5, 5.41) is 3.81. The molecule has 1 rings (SSSR count). The summed E-state index contributed by atoms with van der Waals surface area (Å²) in [6, 6.07) is 7.66. The lowest BCUT2D eigenvalue weighted by Gasteiger charge is -2.19. The van der Waals surface area contributed by atoms with Crippen molar-refractivity contribution in [2.24, 2.45) is 11.7 Å². The molecule has 0 aliphatic heterocycles. The Kier molecular flexibility index (Phi) is 5.29. The molecule has 1 amide bonds. The molecule has 0 atom stereocenters. The number of nitrogens with zero attached hydrogens (tertiary/aromatic N) is 1. The number of alkyl carbamates (subject to hydrolysis) is 1. The van der Waals surface area contributed by atoms with Crippen LogP contribution in [-0.4, -0.2) is 16.8 Å². The Bertz CT molecular complexity index is 410. The zero-order valence-electron chi connectivity index (χ0n) is 11.6. The maximum Gasteiger partial charge on any atom is 0.407 e. The SMILES string of the molecule is CC(C)(C)OC(=O)NCc1ccc(CN(N)N)cc1. The van der Waals surface area contributed by atoms with Crippen molar-refractivity contribution in [3.05, 3.63) is 35.4 Å². The van der Waals surface area contributed by atoms with Gasteiger partial charge < -0.3 is 10.1 Å². The lowest BCUT2D eigenvalue weighted by molar-refractivity contribution is 0.0523. The third-order valence-electron chi connectivity index (χ3n) is 2.22. The summed E-state index contributed by atoms with van der Waals surface area (Å²) in [4.78, 5) is 11.5. The van der Waals surface area contributed by atoms with Crippen LogP contribution in [0.5, 0.6) is 0 Å². The first-order chi connectivity index (χ1) is 8.76. The maximum atomic E-state index is 11.5. The summed E-state index contributed by atoms with van der Waals surface area (Å²) in [6.45, 7) is 6.37. The van der Waals surface area contributed by atoms with Crippen molar-refractivity contribution < 1.29 is 9.53 Å². The van der Waals surface area contributed by atoms with Crippen molar-refractivity contribution in [2.75, 3.05) is 0 Å². The summed E-state index contributed by atoms with van der Waals surface area (Å²) in [5.41, 5.74) is 1.50. The molecule has 6 heteroatoms. The third kappa shape index (κ3) is 6.76. The second kappa shape index (κ2) is 6.51. The van der Waals surface area contributed by atoms with Gasteiger partial charge in [-0.2, -0.15) is 5.12 Å². The predicted octanol–water partition coefficient (Wildman–Crippen LogP) is 1.26. The molecule has 0 saturated carbocycles. The molecule has 5 N–H and O–H groups in total. The molecule has 106 valence electrons. The van der Waals surface area contributed by atoms with Crippen LogP contribution in [0.3, 0.4) is 0 Å². The molecule has 0 aromatic heterocycles. The van der Waals surface area contributed by atoms with E-state index < -0.39 is 11.7 Å². The van der Waals surface area contributed by atoms with E-state index in [0.29, 0.717) is 13.1 Å². The summed E-state index contributed by atoms with van der Waals surface area (Å²) < 4.78 is 5.15. The number of benzene rings is 1. The van der Waals surface area contributed by atoms with Crippen molar-refractivity contribution in [3.8, 4) is 0 Å². The van der Waals surface area contributed by atoms with Gasteiger partial charge in [0.2, 0.25) is 0 Å². The Morgan fingerprint density at radius 1 is 1.21 bits per heavy atom. The summed E-state index contributed by atoms with van der Waals surface area (Å²) in [6.07, 6.45) is -0.424. The molecule has 0 radical (unpaired) electrons. The van der Waals surface area contributed by atoms with E-state index in [0.717, 1.165) is 16.2 Å². The van der Waals surface area contributed by atoms with Crippen LogP contribution >= 0.6 is 0 Å². The van der Waals surface area contributed by atoms with Crippen LogP contribution < -0.4 is 17.0 Å². The Morgan fingerprint density at radius 2 is 1.74 bits per heavy atom. The Morgan fingerprint density at radius 3 is 2.21 bits per heavy atom. The smallest absolute Gasteiger partial charge is 0.407 e. The van der Waals surface area contributed by atoms with Gasteiger partial charge in [0.1, 0.15) is 5.60 Å². The molecular formula is C13H22N4O2. The van der Waals surface area contributed by atoms with Crippen molar-refractivity contribution >= 4 is 6.09 Å². The number of hydrazine groups is 2. The summed E-state index contributed by atoms with van der Waals surface area (Å²) >= 11 is 0. The molecule has 19 heavy (non-hydrogen) atoms. The van der Waals surface area contributed by atoms with Crippen molar-refractivity contribution in [3.63, 3.8) is 0 Å². The fraction of sp³-hybridized carbons (Fsp3) is 0.462. The molecule has 0 saturated heterocycles. The zero-order chi connectivity index (χ0) is 14.5. The molecule has 0 aliphatic carbocycles. The number of ether oxygens (including phenoxy) is 1. The van der Waals surface area contributed by atoms with Gasteiger partial charge in [0.15, 0.2) is 0 Å². The lowest BCUT2D eigenvalue weighted by Crippen LogP contribution is -2.36.